The second-order valence-corrected chi connectivity index (χ2v) is 4.73. The van der Waals surface area contributed by atoms with E-state index < -0.39 is 0 Å². The summed E-state index contributed by atoms with van der Waals surface area (Å²) in [4.78, 5) is 0. The fourth-order valence-electron chi connectivity index (χ4n) is 1.79. The number of aliphatic hydroxyl groups excluding tert-OH is 1. The number of rotatable bonds is 7. The van der Waals surface area contributed by atoms with Crippen molar-refractivity contribution in [3.8, 4) is 0 Å². The Labute approximate surface area is 104 Å². The van der Waals surface area contributed by atoms with Crippen LogP contribution in [0, 0.1) is 5.92 Å². The quantitative estimate of drug-likeness (QED) is 0.759. The van der Waals surface area contributed by atoms with Crippen LogP contribution < -0.4 is 5.32 Å². The Morgan fingerprint density at radius 3 is 2.53 bits per heavy atom. The van der Waals surface area contributed by atoms with Crippen molar-refractivity contribution < 1.29 is 5.11 Å². The van der Waals surface area contributed by atoms with Crippen LogP contribution in [0.25, 0.3) is 6.08 Å². The van der Waals surface area contributed by atoms with E-state index in [4.69, 9.17) is 0 Å². The van der Waals surface area contributed by atoms with Crippen LogP contribution in [0.5, 0.6) is 0 Å². The van der Waals surface area contributed by atoms with Crippen LogP contribution in [-0.2, 0) is 0 Å². The summed E-state index contributed by atoms with van der Waals surface area (Å²) in [6, 6.07) is 10.4. The molecule has 0 aliphatic carbocycles. The number of hydrogen-bond acceptors (Lipinski definition) is 2. The molecule has 0 spiro atoms. The predicted octanol–water partition coefficient (Wildman–Crippen LogP) is 2.70. The van der Waals surface area contributed by atoms with E-state index in [2.05, 4.69) is 43.4 Å². The lowest BCUT2D eigenvalue weighted by Gasteiger charge is -2.16. The Kier molecular flexibility index (Phi) is 6.60. The lowest BCUT2D eigenvalue weighted by Crippen LogP contribution is -2.33. The third kappa shape index (κ3) is 6.25. The second kappa shape index (κ2) is 8.04. The molecule has 94 valence electrons. The zero-order valence-corrected chi connectivity index (χ0v) is 10.8. The Bertz CT molecular complexity index is 319. The van der Waals surface area contributed by atoms with Gasteiger partial charge in [0.1, 0.15) is 0 Å². The molecule has 2 nitrogen and oxygen atoms in total. The molecule has 0 saturated carbocycles. The molecule has 0 amide bonds. The topological polar surface area (TPSA) is 32.3 Å². The lowest BCUT2D eigenvalue weighted by molar-refractivity contribution is 0.228. The number of hydrogen-bond donors (Lipinski definition) is 2. The highest BCUT2D eigenvalue weighted by Crippen LogP contribution is 2.04. The monoisotopic (exact) mass is 233 g/mol. The molecule has 2 heteroatoms. The van der Waals surface area contributed by atoms with Crippen LogP contribution in [0.15, 0.2) is 36.4 Å². The molecule has 0 aliphatic heterocycles. The first kappa shape index (κ1) is 13.9. The second-order valence-electron chi connectivity index (χ2n) is 4.73. The molecule has 0 aliphatic rings. The number of benzene rings is 1. The van der Waals surface area contributed by atoms with Gasteiger partial charge in [-0.05, 0) is 17.9 Å². The summed E-state index contributed by atoms with van der Waals surface area (Å²) < 4.78 is 0. The van der Waals surface area contributed by atoms with Crippen LogP contribution >= 0.6 is 0 Å². The average Bonchev–Trinajstić information content (AvgIpc) is 2.34. The van der Waals surface area contributed by atoms with Gasteiger partial charge in [-0.1, -0.05) is 56.3 Å². The highest BCUT2D eigenvalue weighted by atomic mass is 16.3. The first-order valence-corrected chi connectivity index (χ1v) is 6.28. The molecule has 0 bridgehead atoms. The van der Waals surface area contributed by atoms with Gasteiger partial charge in [0.25, 0.3) is 0 Å². The minimum absolute atomic E-state index is 0.204. The van der Waals surface area contributed by atoms with Crippen LogP contribution in [0.4, 0.5) is 0 Å². The summed E-state index contributed by atoms with van der Waals surface area (Å²) in [6.45, 7) is 5.35. The van der Waals surface area contributed by atoms with Crippen LogP contribution in [0.3, 0.4) is 0 Å². The summed E-state index contributed by atoms with van der Waals surface area (Å²) in [7, 11) is 0. The molecule has 0 fully saturated rings. The molecule has 1 aromatic carbocycles. The molecule has 0 heterocycles. The van der Waals surface area contributed by atoms with Crippen molar-refractivity contribution >= 4 is 6.08 Å². The minimum Gasteiger partial charge on any atom is -0.395 e. The van der Waals surface area contributed by atoms with E-state index in [9.17, 15) is 5.11 Å². The molecule has 1 aromatic rings. The predicted molar refractivity (Wildman–Crippen MR) is 73.8 cm³/mol. The van der Waals surface area contributed by atoms with E-state index in [1.54, 1.807) is 0 Å². The lowest BCUT2D eigenvalue weighted by atomic mass is 10.0. The van der Waals surface area contributed by atoms with Gasteiger partial charge in [-0.15, -0.1) is 0 Å². The zero-order chi connectivity index (χ0) is 12.5. The molecule has 2 N–H and O–H groups in total. The SMILES string of the molecule is CC(C)C[C@@H](CO)NC/C=C/c1ccccc1. The highest BCUT2D eigenvalue weighted by Gasteiger charge is 2.07. The third-order valence-electron chi connectivity index (χ3n) is 2.61. The van der Waals surface area contributed by atoms with Gasteiger partial charge in [-0.3, -0.25) is 0 Å². The largest absolute Gasteiger partial charge is 0.395 e. The first-order chi connectivity index (χ1) is 8.22. The Hall–Kier alpha value is -1.12. The maximum atomic E-state index is 9.20. The molecule has 1 atom stereocenters. The van der Waals surface area contributed by atoms with E-state index in [-0.39, 0.29) is 12.6 Å². The zero-order valence-electron chi connectivity index (χ0n) is 10.8. The van der Waals surface area contributed by atoms with Crippen molar-refractivity contribution in [2.24, 2.45) is 5.92 Å². The van der Waals surface area contributed by atoms with Gasteiger partial charge >= 0.3 is 0 Å². The van der Waals surface area contributed by atoms with Gasteiger partial charge in [0.15, 0.2) is 0 Å². The van der Waals surface area contributed by atoms with Crippen LogP contribution in [-0.4, -0.2) is 24.3 Å². The Morgan fingerprint density at radius 2 is 1.94 bits per heavy atom. The van der Waals surface area contributed by atoms with Crippen molar-refractivity contribution in [3.05, 3.63) is 42.0 Å². The first-order valence-electron chi connectivity index (χ1n) is 6.28. The highest BCUT2D eigenvalue weighted by molar-refractivity contribution is 5.48. The van der Waals surface area contributed by atoms with E-state index in [0.717, 1.165) is 13.0 Å². The minimum atomic E-state index is 0.204. The molecule has 0 aromatic heterocycles. The van der Waals surface area contributed by atoms with Crippen molar-refractivity contribution in [1.29, 1.82) is 0 Å². The maximum absolute atomic E-state index is 9.20. The Balaban J connectivity index is 2.29. The van der Waals surface area contributed by atoms with Crippen molar-refractivity contribution in [2.45, 2.75) is 26.3 Å². The summed E-state index contributed by atoms with van der Waals surface area (Å²) in [5, 5.41) is 12.5. The van der Waals surface area contributed by atoms with Gasteiger partial charge in [-0.2, -0.15) is 0 Å². The van der Waals surface area contributed by atoms with Gasteiger partial charge in [0.05, 0.1) is 6.61 Å². The summed E-state index contributed by atoms with van der Waals surface area (Å²) in [5.41, 5.74) is 1.21. The molecule has 17 heavy (non-hydrogen) atoms. The summed E-state index contributed by atoms with van der Waals surface area (Å²) in [5.74, 6) is 0.609. The van der Waals surface area contributed by atoms with Gasteiger partial charge in [0.2, 0.25) is 0 Å². The van der Waals surface area contributed by atoms with E-state index >= 15 is 0 Å². The maximum Gasteiger partial charge on any atom is 0.0584 e. The van der Waals surface area contributed by atoms with Gasteiger partial charge < -0.3 is 10.4 Å². The standard InChI is InChI=1S/C15H23NO/c1-13(2)11-15(12-17)16-10-6-9-14-7-4-3-5-8-14/h3-9,13,15-17H,10-12H2,1-2H3/b9-6+/t15-/m0/s1. The average molecular weight is 233 g/mol. The Morgan fingerprint density at radius 1 is 1.24 bits per heavy atom. The molecule has 0 radical (unpaired) electrons. The summed E-state index contributed by atoms with van der Waals surface area (Å²) >= 11 is 0. The van der Waals surface area contributed by atoms with E-state index in [1.165, 1.54) is 5.56 Å². The smallest absolute Gasteiger partial charge is 0.0584 e. The van der Waals surface area contributed by atoms with Crippen LogP contribution in [0.1, 0.15) is 25.8 Å². The third-order valence-corrected chi connectivity index (χ3v) is 2.61. The normalized spacial score (nSPS) is 13.4. The molecular weight excluding hydrogens is 210 g/mol. The fourth-order valence-corrected chi connectivity index (χ4v) is 1.79. The van der Waals surface area contributed by atoms with Crippen molar-refractivity contribution in [1.82, 2.24) is 5.32 Å². The van der Waals surface area contributed by atoms with Gasteiger partial charge in [0, 0.05) is 12.6 Å². The fraction of sp³-hybridized carbons (Fsp3) is 0.467. The number of aliphatic hydroxyl groups is 1. The summed E-state index contributed by atoms with van der Waals surface area (Å²) in [6.07, 6.45) is 5.20. The molecule has 0 saturated heterocycles. The van der Waals surface area contributed by atoms with Gasteiger partial charge in [-0.25, -0.2) is 0 Å². The molecule has 0 unspecified atom stereocenters. The van der Waals surface area contributed by atoms with E-state index in [1.807, 2.05) is 18.2 Å². The van der Waals surface area contributed by atoms with Crippen molar-refractivity contribution in [3.63, 3.8) is 0 Å². The van der Waals surface area contributed by atoms with Crippen molar-refractivity contribution in [2.75, 3.05) is 13.2 Å². The number of nitrogens with one attached hydrogen (secondary N) is 1. The molecule has 1 rings (SSSR count). The van der Waals surface area contributed by atoms with Crippen LogP contribution in [0.2, 0.25) is 0 Å². The van der Waals surface area contributed by atoms with E-state index in [0.29, 0.717) is 5.92 Å². The molecular formula is C15H23NO.